The third-order valence-electron chi connectivity index (χ3n) is 4.01. The van der Waals surface area contributed by atoms with Gasteiger partial charge in [-0.3, -0.25) is 4.42 Å². The van der Waals surface area contributed by atoms with Crippen LogP contribution in [0.3, 0.4) is 0 Å². The van der Waals surface area contributed by atoms with Crippen molar-refractivity contribution in [2.24, 2.45) is 0 Å². The Labute approximate surface area is 185 Å². The van der Waals surface area contributed by atoms with Crippen LogP contribution in [-0.4, -0.2) is 21.5 Å². The number of rotatable bonds is 7. The van der Waals surface area contributed by atoms with Crippen LogP contribution in [0.15, 0.2) is 48.9 Å². The fraction of sp³-hybridized carbons (Fsp3) is 0.211. The Bertz CT molecular complexity index is 986. The number of nitrogens with zero attached hydrogens (tertiary/aromatic N) is 4. The predicted molar refractivity (Wildman–Crippen MR) is 109 cm³/mol. The monoisotopic (exact) mass is 476 g/mol. The van der Waals surface area contributed by atoms with Gasteiger partial charge in [-0.1, -0.05) is 23.7 Å². The molecule has 3 rings (SSSR count). The molecule has 0 atom stereocenters. The molecule has 0 unspecified atom stereocenters. The number of hydrogen-bond donors (Lipinski definition) is 0. The first kappa shape index (κ1) is 22.4. The number of alkyl halides is 4. The van der Waals surface area contributed by atoms with Crippen LogP contribution in [0.1, 0.15) is 16.8 Å². The fourth-order valence-corrected chi connectivity index (χ4v) is 3.24. The van der Waals surface area contributed by atoms with E-state index in [4.69, 9.17) is 39.7 Å². The van der Waals surface area contributed by atoms with Gasteiger partial charge in [0.25, 0.3) is 0 Å². The normalized spacial score (nSPS) is 11.4. The zero-order valence-corrected chi connectivity index (χ0v) is 17.5. The van der Waals surface area contributed by atoms with E-state index < -0.39 is 11.7 Å². The Kier molecular flexibility index (Phi) is 7.23. The lowest BCUT2D eigenvalue weighted by atomic mass is 10.1. The lowest BCUT2D eigenvalue weighted by Crippen LogP contribution is -2.16. The molecule has 0 radical (unpaired) electrons. The SMILES string of the molecule is FC(F)(F)c1ccc(Oc2ccc(CCN(Cl)c3ncnc(CCl)c3Cl)cc2)nc1. The molecule has 0 spiro atoms. The Morgan fingerprint density at radius 3 is 2.33 bits per heavy atom. The molecule has 0 amide bonds. The van der Waals surface area contributed by atoms with Crippen molar-refractivity contribution >= 4 is 40.8 Å². The number of anilines is 1. The highest BCUT2D eigenvalue weighted by atomic mass is 35.5. The summed E-state index contributed by atoms with van der Waals surface area (Å²) in [6.45, 7) is 0.417. The maximum Gasteiger partial charge on any atom is 0.417 e. The number of benzene rings is 1. The van der Waals surface area contributed by atoms with Crippen LogP contribution >= 0.6 is 35.0 Å². The lowest BCUT2D eigenvalue weighted by molar-refractivity contribution is -0.137. The fourth-order valence-electron chi connectivity index (χ4n) is 2.44. The summed E-state index contributed by atoms with van der Waals surface area (Å²) in [5, 5.41) is 0.301. The van der Waals surface area contributed by atoms with Gasteiger partial charge in [0.2, 0.25) is 5.88 Å². The van der Waals surface area contributed by atoms with E-state index in [2.05, 4.69) is 15.0 Å². The smallest absolute Gasteiger partial charge is 0.417 e. The van der Waals surface area contributed by atoms with E-state index in [1.165, 1.54) is 16.8 Å². The summed E-state index contributed by atoms with van der Waals surface area (Å²) in [6, 6.07) is 9.10. The van der Waals surface area contributed by atoms with Crippen molar-refractivity contribution in [3.05, 3.63) is 70.8 Å². The molecule has 0 saturated heterocycles. The first-order valence-corrected chi connectivity index (χ1v) is 9.81. The third-order valence-corrected chi connectivity index (χ3v) is 4.98. The number of pyridine rings is 1. The van der Waals surface area contributed by atoms with E-state index in [9.17, 15) is 13.2 Å². The van der Waals surface area contributed by atoms with Crippen molar-refractivity contribution in [1.82, 2.24) is 15.0 Å². The summed E-state index contributed by atoms with van der Waals surface area (Å²) < 4.78 is 44.6. The molecule has 5 nitrogen and oxygen atoms in total. The van der Waals surface area contributed by atoms with Crippen LogP contribution in [0, 0.1) is 0 Å². The van der Waals surface area contributed by atoms with Gasteiger partial charge < -0.3 is 4.74 Å². The van der Waals surface area contributed by atoms with Crippen LogP contribution in [0.4, 0.5) is 19.0 Å². The topological polar surface area (TPSA) is 51.1 Å². The first-order chi connectivity index (χ1) is 14.3. The van der Waals surface area contributed by atoms with E-state index in [1.807, 2.05) is 12.1 Å². The van der Waals surface area contributed by atoms with Crippen LogP contribution in [0.2, 0.25) is 5.02 Å². The van der Waals surface area contributed by atoms with Gasteiger partial charge in [-0.15, -0.1) is 11.6 Å². The van der Waals surface area contributed by atoms with Gasteiger partial charge in [-0.05, 0) is 30.2 Å². The average Bonchev–Trinajstić information content (AvgIpc) is 2.73. The summed E-state index contributed by atoms with van der Waals surface area (Å²) >= 11 is 18.3. The van der Waals surface area contributed by atoms with Crippen molar-refractivity contribution in [3.8, 4) is 11.6 Å². The Balaban J connectivity index is 1.58. The molecule has 30 heavy (non-hydrogen) atoms. The van der Waals surface area contributed by atoms with Gasteiger partial charge in [0.15, 0.2) is 5.82 Å². The summed E-state index contributed by atoms with van der Waals surface area (Å²) in [4.78, 5) is 11.7. The van der Waals surface area contributed by atoms with Crippen molar-refractivity contribution < 1.29 is 17.9 Å². The molecule has 11 heteroatoms. The maximum atomic E-state index is 12.6. The number of ether oxygens (including phenoxy) is 1. The van der Waals surface area contributed by atoms with Crippen LogP contribution in [0.5, 0.6) is 11.6 Å². The summed E-state index contributed by atoms with van der Waals surface area (Å²) in [7, 11) is 0. The zero-order valence-electron chi connectivity index (χ0n) is 15.2. The molecular weight excluding hydrogens is 464 g/mol. The molecular formula is C19H14Cl3F3N4O. The molecule has 2 aromatic heterocycles. The quantitative estimate of drug-likeness (QED) is 0.296. The van der Waals surface area contributed by atoms with Gasteiger partial charge >= 0.3 is 6.18 Å². The van der Waals surface area contributed by atoms with Crippen LogP contribution < -0.4 is 9.16 Å². The largest absolute Gasteiger partial charge is 0.439 e. The zero-order chi connectivity index (χ0) is 21.7. The molecule has 1 aromatic carbocycles. The Morgan fingerprint density at radius 1 is 1.00 bits per heavy atom. The second-order valence-corrected chi connectivity index (χ2v) is 7.11. The number of aromatic nitrogens is 3. The summed E-state index contributed by atoms with van der Waals surface area (Å²) in [5.74, 6) is 1.03. The highest BCUT2D eigenvalue weighted by molar-refractivity contribution is 6.36. The van der Waals surface area contributed by atoms with Crippen LogP contribution in [0.25, 0.3) is 0 Å². The molecule has 0 bridgehead atoms. The minimum atomic E-state index is -4.44. The van der Waals surface area contributed by atoms with Crippen molar-refractivity contribution in [2.75, 3.05) is 11.0 Å². The molecule has 3 aromatic rings. The molecule has 0 fully saturated rings. The van der Waals surface area contributed by atoms with Gasteiger partial charge in [0, 0.05) is 30.6 Å². The molecule has 2 heterocycles. The van der Waals surface area contributed by atoms with Gasteiger partial charge in [0.1, 0.15) is 17.1 Å². The van der Waals surface area contributed by atoms with Crippen molar-refractivity contribution in [3.63, 3.8) is 0 Å². The van der Waals surface area contributed by atoms with E-state index >= 15 is 0 Å². The molecule has 0 aliphatic rings. The van der Waals surface area contributed by atoms with Crippen molar-refractivity contribution in [2.45, 2.75) is 18.5 Å². The third kappa shape index (κ3) is 5.65. The van der Waals surface area contributed by atoms with Gasteiger partial charge in [0.05, 0.1) is 17.1 Å². The second-order valence-electron chi connectivity index (χ2n) is 6.06. The minimum Gasteiger partial charge on any atom is -0.439 e. The minimum absolute atomic E-state index is 0.0659. The maximum absolute atomic E-state index is 12.6. The number of hydrogen-bond acceptors (Lipinski definition) is 5. The molecule has 0 N–H and O–H groups in total. The van der Waals surface area contributed by atoms with E-state index in [-0.39, 0.29) is 11.8 Å². The molecule has 0 aliphatic heterocycles. The van der Waals surface area contributed by atoms with E-state index in [0.717, 1.165) is 17.8 Å². The highest BCUT2D eigenvalue weighted by Crippen LogP contribution is 2.30. The number of halogens is 6. The average molecular weight is 478 g/mol. The predicted octanol–water partition coefficient (Wildman–Crippen LogP) is 6.28. The first-order valence-electron chi connectivity index (χ1n) is 8.56. The molecule has 158 valence electrons. The van der Waals surface area contributed by atoms with E-state index in [0.29, 0.717) is 35.2 Å². The lowest BCUT2D eigenvalue weighted by Gasteiger charge is -2.16. The van der Waals surface area contributed by atoms with Crippen molar-refractivity contribution in [1.29, 1.82) is 0 Å². The summed E-state index contributed by atoms with van der Waals surface area (Å²) in [6.07, 6.45) is -1.79. The second kappa shape index (κ2) is 9.68. The standard InChI is InChI=1S/C19H14Cl3F3N4O/c20-9-15-17(21)18(28-11-27-15)29(22)8-7-12-1-4-14(5-2-12)30-16-6-3-13(10-26-16)19(23,24)25/h1-6,10-11H,7-9H2. The Morgan fingerprint density at radius 2 is 1.73 bits per heavy atom. The highest BCUT2D eigenvalue weighted by Gasteiger charge is 2.30. The van der Waals surface area contributed by atoms with E-state index in [1.54, 1.807) is 12.1 Å². The Hall–Kier alpha value is -2.29. The van der Waals surface area contributed by atoms with Crippen LogP contribution in [-0.2, 0) is 18.5 Å². The summed E-state index contributed by atoms with van der Waals surface area (Å²) in [5.41, 5.74) is 0.612. The molecule has 0 saturated carbocycles. The van der Waals surface area contributed by atoms with Gasteiger partial charge in [-0.25, -0.2) is 15.0 Å². The van der Waals surface area contributed by atoms with Gasteiger partial charge in [-0.2, -0.15) is 13.2 Å². The molecule has 0 aliphatic carbocycles.